The van der Waals surface area contributed by atoms with Gasteiger partial charge in [0.25, 0.3) is 0 Å². The van der Waals surface area contributed by atoms with Crippen LogP contribution in [0.3, 0.4) is 0 Å². The number of likely N-dealkylation sites (N-methyl/N-ethyl adjacent to an activating group) is 1. The van der Waals surface area contributed by atoms with E-state index >= 15 is 0 Å². The van der Waals surface area contributed by atoms with Crippen LogP contribution in [0.2, 0.25) is 0 Å². The van der Waals surface area contributed by atoms with Gasteiger partial charge in [0.15, 0.2) is 0 Å². The number of rotatable bonds is 9. The average Bonchev–Trinajstić information content (AvgIpc) is 2.74. The zero-order chi connectivity index (χ0) is 22.7. The number of hydrogen-bond acceptors (Lipinski definition) is 1. The van der Waals surface area contributed by atoms with Gasteiger partial charge in [0.05, 0.1) is 0 Å². The highest BCUT2D eigenvalue weighted by Gasteiger charge is 2.17. The number of carbonyl (C=O) groups excluding carboxylic acids is 1. The molecule has 0 saturated heterocycles. The highest BCUT2D eigenvalue weighted by molar-refractivity contribution is 5.91. The molecule has 0 N–H and O–H groups in total. The number of aryl methyl sites for hydroxylation is 1. The van der Waals surface area contributed by atoms with Crippen molar-refractivity contribution in [1.29, 1.82) is 0 Å². The Hall–Kier alpha value is -1.83. The summed E-state index contributed by atoms with van der Waals surface area (Å²) in [7, 11) is 1.85. The molecule has 2 heteroatoms. The summed E-state index contributed by atoms with van der Waals surface area (Å²) in [6, 6.07) is 6.83. The maximum Gasteiger partial charge on any atom is 0.248 e. The number of nitrogens with zero attached hydrogens (tertiary/aromatic N) is 1. The lowest BCUT2D eigenvalue weighted by Gasteiger charge is -2.23. The lowest BCUT2D eigenvalue weighted by Crippen LogP contribution is -2.29. The maximum absolute atomic E-state index is 11.9. The number of carbonyl (C=O) groups is 1. The number of allylic oxidation sites excluding steroid dienone is 1. The molecule has 168 valence electrons. The summed E-state index contributed by atoms with van der Waals surface area (Å²) in [5.74, 6) is 1.56. The molecule has 1 aromatic rings. The van der Waals surface area contributed by atoms with Gasteiger partial charge in [0.1, 0.15) is 0 Å². The van der Waals surface area contributed by atoms with E-state index in [0.29, 0.717) is 11.5 Å². The minimum atomic E-state index is 0.0342. The Kier molecular flexibility index (Phi) is 11.8. The third-order valence-electron chi connectivity index (χ3n) is 6.10. The quantitative estimate of drug-likeness (QED) is 0.386. The van der Waals surface area contributed by atoms with Gasteiger partial charge in [0, 0.05) is 19.2 Å². The lowest BCUT2D eigenvalue weighted by molar-refractivity contribution is -0.125. The molecule has 0 fully saturated rings. The third-order valence-corrected chi connectivity index (χ3v) is 6.10. The standard InChI is InChI=1S/C25H37NO.C3H8/c1-7-19(4)8-9-20(5)22-12-13-23-16-21(10-11-24(23)17-22)14-15-26(6)25(27)18(2)3;1-3-2/h10-11,16-17,19-20H,2,7-9,12-15H2,1,3-6H3;3H2,1-2H3. The van der Waals surface area contributed by atoms with E-state index in [1.165, 1.54) is 48.8 Å². The zero-order valence-electron chi connectivity index (χ0n) is 20.7. The smallest absolute Gasteiger partial charge is 0.248 e. The molecule has 0 saturated carbocycles. The maximum atomic E-state index is 11.9. The Morgan fingerprint density at radius 2 is 1.80 bits per heavy atom. The van der Waals surface area contributed by atoms with Crippen molar-refractivity contribution in [2.75, 3.05) is 13.6 Å². The van der Waals surface area contributed by atoms with Crippen LogP contribution in [-0.2, 0) is 17.6 Å². The number of hydrogen-bond donors (Lipinski definition) is 0. The first kappa shape index (κ1) is 26.2. The first-order valence-corrected chi connectivity index (χ1v) is 12.0. The van der Waals surface area contributed by atoms with E-state index in [1.807, 2.05) is 7.05 Å². The number of amides is 1. The second kappa shape index (κ2) is 13.5. The average molecular weight is 412 g/mol. The van der Waals surface area contributed by atoms with Gasteiger partial charge in [-0.1, -0.05) is 90.3 Å². The van der Waals surface area contributed by atoms with E-state index in [-0.39, 0.29) is 5.91 Å². The molecule has 1 aromatic carbocycles. The summed E-state index contributed by atoms with van der Waals surface area (Å²) in [5.41, 5.74) is 6.38. The van der Waals surface area contributed by atoms with Crippen LogP contribution in [0.4, 0.5) is 0 Å². The Labute approximate surface area is 186 Å². The molecular weight excluding hydrogens is 366 g/mol. The van der Waals surface area contributed by atoms with Crippen LogP contribution in [0.5, 0.6) is 0 Å². The Morgan fingerprint density at radius 1 is 1.13 bits per heavy atom. The van der Waals surface area contributed by atoms with Gasteiger partial charge in [-0.05, 0) is 61.1 Å². The van der Waals surface area contributed by atoms with Crippen molar-refractivity contribution in [1.82, 2.24) is 4.90 Å². The monoisotopic (exact) mass is 411 g/mol. The van der Waals surface area contributed by atoms with Crippen LogP contribution in [0.15, 0.2) is 35.9 Å². The van der Waals surface area contributed by atoms with Gasteiger partial charge in [0.2, 0.25) is 5.91 Å². The van der Waals surface area contributed by atoms with E-state index in [2.05, 4.69) is 65.5 Å². The number of fused-ring (bicyclic) bond motifs is 1. The molecular formula is C28H45NO. The molecule has 2 unspecified atom stereocenters. The van der Waals surface area contributed by atoms with Crippen LogP contribution in [0, 0.1) is 11.8 Å². The second-order valence-electron chi connectivity index (χ2n) is 9.21. The summed E-state index contributed by atoms with van der Waals surface area (Å²) in [6.45, 7) is 17.5. The van der Waals surface area contributed by atoms with Crippen LogP contribution in [0.1, 0.15) is 90.3 Å². The van der Waals surface area contributed by atoms with Gasteiger partial charge >= 0.3 is 0 Å². The van der Waals surface area contributed by atoms with Crippen molar-refractivity contribution in [3.05, 3.63) is 52.6 Å². The Bertz CT molecular complexity index is 715. The fourth-order valence-corrected chi connectivity index (χ4v) is 3.76. The van der Waals surface area contributed by atoms with Crippen molar-refractivity contribution in [3.63, 3.8) is 0 Å². The van der Waals surface area contributed by atoms with Gasteiger partial charge in [-0.25, -0.2) is 0 Å². The van der Waals surface area contributed by atoms with Crippen molar-refractivity contribution in [2.45, 2.75) is 86.5 Å². The summed E-state index contributed by atoms with van der Waals surface area (Å²) in [4.78, 5) is 13.7. The largest absolute Gasteiger partial charge is 0.342 e. The third kappa shape index (κ3) is 8.50. The zero-order valence-corrected chi connectivity index (χ0v) is 20.7. The predicted molar refractivity (Wildman–Crippen MR) is 133 cm³/mol. The van der Waals surface area contributed by atoms with Crippen LogP contribution >= 0.6 is 0 Å². The molecule has 2 atom stereocenters. The molecule has 0 heterocycles. The minimum absolute atomic E-state index is 0.0342. The van der Waals surface area contributed by atoms with Crippen molar-refractivity contribution in [3.8, 4) is 0 Å². The topological polar surface area (TPSA) is 20.3 Å². The van der Waals surface area contributed by atoms with E-state index in [1.54, 1.807) is 17.4 Å². The van der Waals surface area contributed by atoms with Gasteiger partial charge < -0.3 is 4.90 Å². The summed E-state index contributed by atoms with van der Waals surface area (Å²) in [5, 5.41) is 0. The van der Waals surface area contributed by atoms with Crippen LogP contribution < -0.4 is 0 Å². The van der Waals surface area contributed by atoms with Crippen molar-refractivity contribution < 1.29 is 4.79 Å². The molecule has 0 radical (unpaired) electrons. The Balaban J connectivity index is 0.00000141. The van der Waals surface area contributed by atoms with Crippen LogP contribution in [0.25, 0.3) is 6.08 Å². The summed E-state index contributed by atoms with van der Waals surface area (Å²) < 4.78 is 0. The number of benzene rings is 1. The molecule has 1 amide bonds. The summed E-state index contributed by atoms with van der Waals surface area (Å²) >= 11 is 0. The molecule has 0 bridgehead atoms. The van der Waals surface area contributed by atoms with E-state index in [0.717, 1.165) is 25.3 Å². The van der Waals surface area contributed by atoms with Gasteiger partial charge in [-0.3, -0.25) is 4.79 Å². The summed E-state index contributed by atoms with van der Waals surface area (Å²) in [6.07, 6.45) is 10.8. The minimum Gasteiger partial charge on any atom is -0.342 e. The fraction of sp³-hybridized carbons (Fsp3) is 0.607. The first-order chi connectivity index (χ1) is 14.2. The molecule has 2 rings (SSSR count). The van der Waals surface area contributed by atoms with Crippen molar-refractivity contribution in [2.24, 2.45) is 11.8 Å². The van der Waals surface area contributed by atoms with Gasteiger partial charge in [-0.15, -0.1) is 0 Å². The highest BCUT2D eigenvalue weighted by Crippen LogP contribution is 2.32. The van der Waals surface area contributed by atoms with E-state index in [4.69, 9.17) is 0 Å². The molecule has 0 spiro atoms. The van der Waals surface area contributed by atoms with Crippen molar-refractivity contribution >= 4 is 12.0 Å². The van der Waals surface area contributed by atoms with E-state index < -0.39 is 0 Å². The molecule has 0 aromatic heterocycles. The molecule has 2 nitrogen and oxygen atoms in total. The van der Waals surface area contributed by atoms with Crippen LogP contribution in [-0.4, -0.2) is 24.4 Å². The SMILES string of the molecule is C=C(C)C(=O)N(C)CCc1ccc2c(c1)CCC(C(C)CCC(C)CC)=C2.CCC. The van der Waals surface area contributed by atoms with Gasteiger partial charge in [-0.2, -0.15) is 0 Å². The normalized spacial score (nSPS) is 14.6. The molecule has 30 heavy (non-hydrogen) atoms. The fourth-order valence-electron chi connectivity index (χ4n) is 3.76. The molecule has 1 aliphatic carbocycles. The Morgan fingerprint density at radius 3 is 2.40 bits per heavy atom. The lowest BCUT2D eigenvalue weighted by atomic mass is 9.82. The highest BCUT2D eigenvalue weighted by atomic mass is 16.2. The first-order valence-electron chi connectivity index (χ1n) is 12.0. The second-order valence-corrected chi connectivity index (χ2v) is 9.21. The predicted octanol–water partition coefficient (Wildman–Crippen LogP) is 7.47. The molecule has 1 aliphatic rings. The van der Waals surface area contributed by atoms with E-state index in [9.17, 15) is 4.79 Å². The molecule has 0 aliphatic heterocycles.